The van der Waals surface area contributed by atoms with Gasteiger partial charge in [0.25, 0.3) is 0 Å². The zero-order valence-electron chi connectivity index (χ0n) is 8.63. The van der Waals surface area contributed by atoms with Crippen LogP contribution in [-0.2, 0) is 14.3 Å². The molecule has 0 aromatic rings. The maximum absolute atomic E-state index is 11.4. The second kappa shape index (κ2) is 4.09. The van der Waals surface area contributed by atoms with Crippen molar-refractivity contribution < 1.29 is 14.3 Å². The minimum absolute atomic E-state index is 0.189. The SMILES string of the molecule is CCCOC(=O)C1OC1(CC)CC. The zero-order valence-corrected chi connectivity index (χ0v) is 8.63. The molecule has 1 atom stereocenters. The molecule has 0 radical (unpaired) electrons. The Morgan fingerprint density at radius 3 is 2.38 bits per heavy atom. The van der Waals surface area contributed by atoms with Crippen LogP contribution >= 0.6 is 0 Å². The lowest BCUT2D eigenvalue weighted by Crippen LogP contribution is -2.21. The van der Waals surface area contributed by atoms with E-state index >= 15 is 0 Å². The van der Waals surface area contributed by atoms with Crippen LogP contribution < -0.4 is 0 Å². The Kier molecular flexibility index (Phi) is 3.31. The maximum atomic E-state index is 11.4. The van der Waals surface area contributed by atoms with E-state index in [0.29, 0.717) is 6.61 Å². The molecule has 0 bridgehead atoms. The quantitative estimate of drug-likeness (QED) is 0.486. The molecule has 1 fully saturated rings. The fourth-order valence-corrected chi connectivity index (χ4v) is 1.53. The number of rotatable bonds is 5. The average Bonchev–Trinajstić information content (AvgIpc) is 2.89. The molecule has 1 unspecified atom stereocenters. The number of epoxide rings is 1. The Bertz CT molecular complexity index is 185. The topological polar surface area (TPSA) is 38.8 Å². The summed E-state index contributed by atoms with van der Waals surface area (Å²) in [5.41, 5.74) is -0.204. The van der Waals surface area contributed by atoms with Crippen LogP contribution in [0.25, 0.3) is 0 Å². The van der Waals surface area contributed by atoms with Crippen molar-refractivity contribution in [2.75, 3.05) is 6.61 Å². The average molecular weight is 186 g/mol. The van der Waals surface area contributed by atoms with Gasteiger partial charge in [-0.1, -0.05) is 20.8 Å². The lowest BCUT2D eigenvalue weighted by atomic mass is 9.99. The van der Waals surface area contributed by atoms with Gasteiger partial charge < -0.3 is 9.47 Å². The van der Waals surface area contributed by atoms with Gasteiger partial charge in [-0.05, 0) is 19.3 Å². The van der Waals surface area contributed by atoms with Gasteiger partial charge in [-0.25, -0.2) is 4.79 Å². The standard InChI is InChI=1S/C10H18O3/c1-4-7-12-9(11)8-10(5-2,6-3)13-8/h8H,4-7H2,1-3H3. The first-order valence-electron chi connectivity index (χ1n) is 5.04. The fraction of sp³-hybridized carbons (Fsp3) is 0.900. The molecule has 13 heavy (non-hydrogen) atoms. The van der Waals surface area contributed by atoms with Gasteiger partial charge >= 0.3 is 5.97 Å². The van der Waals surface area contributed by atoms with Crippen molar-refractivity contribution in [3.8, 4) is 0 Å². The fourth-order valence-electron chi connectivity index (χ4n) is 1.53. The Hall–Kier alpha value is -0.570. The second-order valence-corrected chi connectivity index (χ2v) is 3.44. The van der Waals surface area contributed by atoms with Crippen molar-refractivity contribution in [2.24, 2.45) is 0 Å². The van der Waals surface area contributed by atoms with E-state index in [9.17, 15) is 4.79 Å². The highest BCUT2D eigenvalue weighted by atomic mass is 16.7. The number of hydrogen-bond acceptors (Lipinski definition) is 3. The molecule has 1 aliphatic rings. The Balaban J connectivity index is 2.35. The summed E-state index contributed by atoms with van der Waals surface area (Å²) in [6.07, 6.45) is 2.34. The van der Waals surface area contributed by atoms with Crippen molar-refractivity contribution in [2.45, 2.75) is 51.7 Å². The van der Waals surface area contributed by atoms with Crippen molar-refractivity contribution >= 4 is 5.97 Å². The number of ether oxygens (including phenoxy) is 2. The van der Waals surface area contributed by atoms with Crippen molar-refractivity contribution in [1.82, 2.24) is 0 Å². The van der Waals surface area contributed by atoms with Crippen molar-refractivity contribution in [3.05, 3.63) is 0 Å². The predicted molar refractivity (Wildman–Crippen MR) is 49.4 cm³/mol. The summed E-state index contributed by atoms with van der Waals surface area (Å²) in [7, 11) is 0. The third-order valence-electron chi connectivity index (χ3n) is 2.63. The molecule has 3 nitrogen and oxygen atoms in total. The van der Waals surface area contributed by atoms with Crippen LogP contribution in [0.2, 0.25) is 0 Å². The normalized spacial score (nSPS) is 24.1. The third-order valence-corrected chi connectivity index (χ3v) is 2.63. The van der Waals surface area contributed by atoms with Gasteiger partial charge in [0.15, 0.2) is 6.10 Å². The summed E-state index contributed by atoms with van der Waals surface area (Å²) < 4.78 is 10.4. The lowest BCUT2D eigenvalue weighted by molar-refractivity contribution is -0.145. The summed E-state index contributed by atoms with van der Waals surface area (Å²) in [5, 5.41) is 0. The summed E-state index contributed by atoms with van der Waals surface area (Å²) in [6, 6.07) is 0. The van der Waals surface area contributed by atoms with Crippen molar-refractivity contribution in [3.63, 3.8) is 0 Å². The first kappa shape index (κ1) is 10.5. The zero-order chi connectivity index (χ0) is 9.90. The second-order valence-electron chi connectivity index (χ2n) is 3.44. The van der Waals surface area contributed by atoms with Gasteiger partial charge in [-0.2, -0.15) is 0 Å². The van der Waals surface area contributed by atoms with E-state index in [1.165, 1.54) is 0 Å². The first-order chi connectivity index (χ1) is 6.20. The minimum atomic E-state index is -0.297. The van der Waals surface area contributed by atoms with E-state index in [0.717, 1.165) is 19.3 Å². The van der Waals surface area contributed by atoms with Gasteiger partial charge in [0.2, 0.25) is 0 Å². The van der Waals surface area contributed by atoms with E-state index in [2.05, 4.69) is 0 Å². The van der Waals surface area contributed by atoms with Crippen molar-refractivity contribution in [1.29, 1.82) is 0 Å². The highest BCUT2D eigenvalue weighted by molar-refractivity contribution is 5.79. The van der Waals surface area contributed by atoms with Gasteiger partial charge in [0.1, 0.15) is 5.60 Å². The van der Waals surface area contributed by atoms with Gasteiger partial charge in [-0.15, -0.1) is 0 Å². The first-order valence-corrected chi connectivity index (χ1v) is 5.04. The molecule has 3 heteroatoms. The number of hydrogen-bond donors (Lipinski definition) is 0. The summed E-state index contributed by atoms with van der Waals surface area (Å²) >= 11 is 0. The lowest BCUT2D eigenvalue weighted by Gasteiger charge is -2.05. The highest BCUT2D eigenvalue weighted by Crippen LogP contribution is 2.43. The monoisotopic (exact) mass is 186 g/mol. The van der Waals surface area contributed by atoms with Gasteiger partial charge in [-0.3, -0.25) is 0 Å². The molecule has 0 amide bonds. The molecule has 76 valence electrons. The summed E-state index contributed by atoms with van der Waals surface area (Å²) in [6.45, 7) is 6.56. The number of carbonyl (C=O) groups excluding carboxylic acids is 1. The molecule has 0 aromatic heterocycles. The Morgan fingerprint density at radius 1 is 1.38 bits per heavy atom. The summed E-state index contributed by atoms with van der Waals surface area (Å²) in [5.74, 6) is -0.189. The molecule has 0 N–H and O–H groups in total. The van der Waals surface area contributed by atoms with E-state index in [-0.39, 0.29) is 17.7 Å². The van der Waals surface area contributed by atoms with E-state index in [1.807, 2.05) is 20.8 Å². The minimum Gasteiger partial charge on any atom is -0.464 e. The molecule has 0 aromatic carbocycles. The van der Waals surface area contributed by atoms with E-state index in [1.54, 1.807) is 0 Å². The third kappa shape index (κ3) is 2.02. The summed E-state index contributed by atoms with van der Waals surface area (Å²) in [4.78, 5) is 11.4. The highest BCUT2D eigenvalue weighted by Gasteiger charge is 2.58. The molecular formula is C10H18O3. The van der Waals surface area contributed by atoms with E-state index in [4.69, 9.17) is 9.47 Å². The molecular weight excluding hydrogens is 168 g/mol. The molecule has 0 saturated carbocycles. The van der Waals surface area contributed by atoms with Crippen LogP contribution in [0.1, 0.15) is 40.0 Å². The molecule has 1 rings (SSSR count). The van der Waals surface area contributed by atoms with Crippen LogP contribution in [0.4, 0.5) is 0 Å². The van der Waals surface area contributed by atoms with Gasteiger partial charge in [0, 0.05) is 0 Å². The largest absolute Gasteiger partial charge is 0.464 e. The van der Waals surface area contributed by atoms with E-state index < -0.39 is 0 Å². The van der Waals surface area contributed by atoms with Crippen LogP contribution in [0.5, 0.6) is 0 Å². The molecule has 1 heterocycles. The van der Waals surface area contributed by atoms with Crippen LogP contribution in [-0.4, -0.2) is 24.3 Å². The van der Waals surface area contributed by atoms with Crippen LogP contribution in [0.15, 0.2) is 0 Å². The predicted octanol–water partition coefficient (Wildman–Crippen LogP) is 1.90. The van der Waals surface area contributed by atoms with Crippen LogP contribution in [0, 0.1) is 0 Å². The molecule has 1 saturated heterocycles. The Morgan fingerprint density at radius 2 is 2.00 bits per heavy atom. The number of carbonyl (C=O) groups is 1. The Labute approximate surface area is 79.4 Å². The maximum Gasteiger partial charge on any atom is 0.338 e. The smallest absolute Gasteiger partial charge is 0.338 e. The van der Waals surface area contributed by atoms with Crippen LogP contribution in [0.3, 0.4) is 0 Å². The van der Waals surface area contributed by atoms with Gasteiger partial charge in [0.05, 0.1) is 6.61 Å². The number of esters is 1. The molecule has 1 aliphatic heterocycles. The molecule has 0 spiro atoms. The molecule has 0 aliphatic carbocycles.